The lowest BCUT2D eigenvalue weighted by atomic mass is 10.2. The van der Waals surface area contributed by atoms with Gasteiger partial charge in [-0.2, -0.15) is 4.39 Å². The molecule has 1 heterocycles. The Balaban J connectivity index is 2.35. The third-order valence-corrected chi connectivity index (χ3v) is 2.23. The summed E-state index contributed by atoms with van der Waals surface area (Å²) in [6.07, 6.45) is 2.96. The molecule has 0 bridgehead atoms. The smallest absolute Gasteiger partial charge is 0.201 e. The van der Waals surface area contributed by atoms with Crippen LogP contribution in [0, 0.1) is 11.6 Å². The summed E-state index contributed by atoms with van der Waals surface area (Å²) in [5.41, 5.74) is 6.17. The second-order valence-electron chi connectivity index (χ2n) is 3.34. The van der Waals surface area contributed by atoms with Crippen LogP contribution in [-0.2, 0) is 6.54 Å². The van der Waals surface area contributed by atoms with E-state index in [4.69, 9.17) is 10.5 Å². The van der Waals surface area contributed by atoms with Crippen LogP contribution in [0.4, 0.5) is 8.78 Å². The Labute approximate surface area is 96.9 Å². The first-order chi connectivity index (χ1) is 8.22. The molecule has 17 heavy (non-hydrogen) atoms. The molecule has 1 aromatic carbocycles. The van der Waals surface area contributed by atoms with Crippen LogP contribution < -0.4 is 10.5 Å². The highest BCUT2D eigenvalue weighted by Crippen LogP contribution is 2.27. The standard InChI is InChI=1S/C12H10F2N2O/c13-9-2-1-3-10(12(9)14)17-11-7-16-5-4-8(11)6-15/h1-5,7H,6,15H2. The average molecular weight is 236 g/mol. The van der Waals surface area contributed by atoms with Gasteiger partial charge in [0, 0.05) is 18.3 Å². The molecule has 0 saturated heterocycles. The van der Waals surface area contributed by atoms with Gasteiger partial charge < -0.3 is 10.5 Å². The van der Waals surface area contributed by atoms with E-state index in [1.54, 1.807) is 12.3 Å². The summed E-state index contributed by atoms with van der Waals surface area (Å²) < 4.78 is 31.6. The van der Waals surface area contributed by atoms with Crippen molar-refractivity contribution < 1.29 is 13.5 Å². The van der Waals surface area contributed by atoms with Gasteiger partial charge in [-0.3, -0.25) is 4.98 Å². The third-order valence-electron chi connectivity index (χ3n) is 2.23. The lowest BCUT2D eigenvalue weighted by Crippen LogP contribution is -2.00. The fourth-order valence-corrected chi connectivity index (χ4v) is 1.35. The minimum absolute atomic E-state index is 0.187. The molecule has 0 saturated carbocycles. The predicted octanol–water partition coefficient (Wildman–Crippen LogP) is 2.61. The van der Waals surface area contributed by atoms with Crippen molar-refractivity contribution in [3.8, 4) is 11.5 Å². The molecule has 2 rings (SSSR count). The summed E-state index contributed by atoms with van der Waals surface area (Å²) in [4.78, 5) is 3.84. The van der Waals surface area contributed by atoms with Crippen molar-refractivity contribution in [1.82, 2.24) is 4.98 Å². The quantitative estimate of drug-likeness (QED) is 0.891. The number of benzene rings is 1. The zero-order chi connectivity index (χ0) is 12.3. The number of aromatic nitrogens is 1. The maximum absolute atomic E-state index is 13.4. The van der Waals surface area contributed by atoms with Gasteiger partial charge in [0.25, 0.3) is 0 Å². The monoisotopic (exact) mass is 236 g/mol. The molecule has 0 atom stereocenters. The Morgan fingerprint density at radius 1 is 1.18 bits per heavy atom. The number of rotatable bonds is 3. The van der Waals surface area contributed by atoms with Gasteiger partial charge in [-0.1, -0.05) is 6.07 Å². The van der Waals surface area contributed by atoms with E-state index in [2.05, 4.69) is 4.98 Å². The van der Waals surface area contributed by atoms with Crippen molar-refractivity contribution in [2.24, 2.45) is 5.73 Å². The van der Waals surface area contributed by atoms with Crippen LogP contribution in [0.15, 0.2) is 36.7 Å². The van der Waals surface area contributed by atoms with E-state index in [0.717, 1.165) is 6.07 Å². The molecule has 88 valence electrons. The summed E-state index contributed by atoms with van der Waals surface area (Å²) in [6.45, 7) is 0.231. The summed E-state index contributed by atoms with van der Waals surface area (Å²) >= 11 is 0. The molecule has 0 aliphatic rings. The molecule has 2 aromatic rings. The van der Waals surface area contributed by atoms with E-state index in [0.29, 0.717) is 11.3 Å². The first kappa shape index (κ1) is 11.5. The number of nitrogens with two attached hydrogens (primary N) is 1. The van der Waals surface area contributed by atoms with E-state index in [1.807, 2.05) is 0 Å². The number of hydrogen-bond acceptors (Lipinski definition) is 3. The Kier molecular flexibility index (Phi) is 3.30. The summed E-state index contributed by atoms with van der Waals surface area (Å²) in [6, 6.07) is 5.39. The summed E-state index contributed by atoms with van der Waals surface area (Å²) in [5, 5.41) is 0. The second kappa shape index (κ2) is 4.88. The first-order valence-electron chi connectivity index (χ1n) is 4.97. The number of halogens is 2. The maximum atomic E-state index is 13.4. The molecular formula is C12H10F2N2O. The zero-order valence-corrected chi connectivity index (χ0v) is 8.86. The molecule has 0 fully saturated rings. The fraction of sp³-hybridized carbons (Fsp3) is 0.0833. The summed E-state index contributed by atoms with van der Waals surface area (Å²) in [5.74, 6) is -1.85. The Morgan fingerprint density at radius 3 is 2.76 bits per heavy atom. The van der Waals surface area contributed by atoms with E-state index >= 15 is 0 Å². The number of pyridine rings is 1. The lowest BCUT2D eigenvalue weighted by Gasteiger charge is -2.09. The fourth-order valence-electron chi connectivity index (χ4n) is 1.35. The highest BCUT2D eigenvalue weighted by molar-refractivity contribution is 5.36. The van der Waals surface area contributed by atoms with E-state index in [-0.39, 0.29) is 12.3 Å². The lowest BCUT2D eigenvalue weighted by molar-refractivity contribution is 0.412. The Morgan fingerprint density at radius 2 is 2.00 bits per heavy atom. The average Bonchev–Trinajstić information content (AvgIpc) is 2.35. The highest BCUT2D eigenvalue weighted by Gasteiger charge is 2.11. The van der Waals surface area contributed by atoms with Crippen molar-refractivity contribution in [2.75, 3.05) is 0 Å². The highest BCUT2D eigenvalue weighted by atomic mass is 19.2. The maximum Gasteiger partial charge on any atom is 0.201 e. The number of ether oxygens (including phenoxy) is 1. The van der Waals surface area contributed by atoms with Crippen molar-refractivity contribution in [2.45, 2.75) is 6.54 Å². The molecule has 0 unspecified atom stereocenters. The van der Waals surface area contributed by atoms with Crippen molar-refractivity contribution in [3.05, 3.63) is 53.9 Å². The Bertz CT molecular complexity index is 532. The SMILES string of the molecule is NCc1ccncc1Oc1cccc(F)c1F. The van der Waals surface area contributed by atoms with Gasteiger partial charge in [-0.05, 0) is 18.2 Å². The molecule has 5 heteroatoms. The molecular weight excluding hydrogens is 226 g/mol. The van der Waals surface area contributed by atoms with Crippen LogP contribution in [0.2, 0.25) is 0 Å². The largest absolute Gasteiger partial charge is 0.452 e. The topological polar surface area (TPSA) is 48.1 Å². The molecule has 0 radical (unpaired) electrons. The van der Waals surface area contributed by atoms with Gasteiger partial charge in [0.2, 0.25) is 5.82 Å². The minimum atomic E-state index is -1.03. The molecule has 1 aromatic heterocycles. The molecule has 0 amide bonds. The zero-order valence-electron chi connectivity index (χ0n) is 8.86. The first-order valence-corrected chi connectivity index (χ1v) is 4.97. The van der Waals surface area contributed by atoms with Gasteiger partial charge in [-0.25, -0.2) is 4.39 Å². The Hall–Kier alpha value is -2.01. The van der Waals surface area contributed by atoms with Gasteiger partial charge >= 0.3 is 0 Å². The van der Waals surface area contributed by atoms with Crippen LogP contribution in [-0.4, -0.2) is 4.98 Å². The third kappa shape index (κ3) is 2.39. The molecule has 3 nitrogen and oxygen atoms in total. The summed E-state index contributed by atoms with van der Waals surface area (Å²) in [7, 11) is 0. The van der Waals surface area contributed by atoms with Crippen LogP contribution in [0.1, 0.15) is 5.56 Å². The molecule has 2 N–H and O–H groups in total. The van der Waals surface area contributed by atoms with Gasteiger partial charge in [0.1, 0.15) is 5.75 Å². The van der Waals surface area contributed by atoms with Crippen molar-refractivity contribution in [1.29, 1.82) is 0 Å². The van der Waals surface area contributed by atoms with E-state index in [1.165, 1.54) is 18.3 Å². The van der Waals surface area contributed by atoms with Crippen LogP contribution in [0.25, 0.3) is 0 Å². The van der Waals surface area contributed by atoms with Gasteiger partial charge in [0.05, 0.1) is 6.20 Å². The number of hydrogen-bond donors (Lipinski definition) is 1. The van der Waals surface area contributed by atoms with E-state index < -0.39 is 11.6 Å². The molecule has 0 aliphatic heterocycles. The normalized spacial score (nSPS) is 10.3. The van der Waals surface area contributed by atoms with Crippen LogP contribution in [0.5, 0.6) is 11.5 Å². The van der Waals surface area contributed by atoms with Crippen LogP contribution in [0.3, 0.4) is 0 Å². The van der Waals surface area contributed by atoms with E-state index in [9.17, 15) is 8.78 Å². The van der Waals surface area contributed by atoms with Crippen molar-refractivity contribution >= 4 is 0 Å². The van der Waals surface area contributed by atoms with Crippen molar-refractivity contribution in [3.63, 3.8) is 0 Å². The van der Waals surface area contributed by atoms with Gasteiger partial charge in [0.15, 0.2) is 11.6 Å². The molecule has 0 spiro atoms. The predicted molar refractivity (Wildman–Crippen MR) is 58.6 cm³/mol. The second-order valence-corrected chi connectivity index (χ2v) is 3.34. The van der Waals surface area contributed by atoms with Crippen LogP contribution >= 0.6 is 0 Å². The van der Waals surface area contributed by atoms with Gasteiger partial charge in [-0.15, -0.1) is 0 Å². The number of nitrogens with zero attached hydrogens (tertiary/aromatic N) is 1. The molecule has 0 aliphatic carbocycles. The minimum Gasteiger partial charge on any atom is -0.452 e.